The third-order valence-corrected chi connectivity index (χ3v) is 7.88. The molecule has 2 aromatic rings. The molecule has 0 aliphatic carbocycles. The highest BCUT2D eigenvalue weighted by atomic mass is 35.5. The van der Waals surface area contributed by atoms with Crippen molar-refractivity contribution in [2.24, 2.45) is 5.92 Å². The van der Waals surface area contributed by atoms with Gasteiger partial charge in [-0.15, -0.1) is 0 Å². The van der Waals surface area contributed by atoms with Gasteiger partial charge in [0.2, 0.25) is 15.9 Å². The Morgan fingerprint density at radius 3 is 2.38 bits per heavy atom. The maximum Gasteiger partial charge on any atom is 0.416 e. The summed E-state index contributed by atoms with van der Waals surface area (Å²) in [5.41, 5.74) is -0.185. The summed E-state index contributed by atoms with van der Waals surface area (Å²) in [5.74, 6) is -0.436. The average Bonchev–Trinajstić information content (AvgIpc) is 2.78. The van der Waals surface area contributed by atoms with Gasteiger partial charge in [-0.25, -0.2) is 8.42 Å². The lowest BCUT2D eigenvalue weighted by Crippen LogP contribution is -2.44. The second kappa shape index (κ2) is 9.80. The molecule has 0 N–H and O–H groups in total. The third-order valence-electron chi connectivity index (χ3n) is 5.61. The highest BCUT2D eigenvalue weighted by Crippen LogP contribution is 2.32. The first-order chi connectivity index (χ1) is 15.0. The molecule has 0 radical (unpaired) electrons. The molecule has 5 nitrogen and oxygen atoms in total. The Morgan fingerprint density at radius 2 is 1.78 bits per heavy atom. The number of carbonyl (C=O) groups is 1. The maximum atomic E-state index is 13.0. The first-order valence-corrected chi connectivity index (χ1v) is 12.1. The van der Waals surface area contributed by atoms with Crippen molar-refractivity contribution in [3.63, 3.8) is 0 Å². The number of hydrogen-bond acceptors (Lipinski definition) is 3. The lowest BCUT2D eigenvalue weighted by molar-refractivity contribution is -0.138. The first-order valence-electron chi connectivity index (χ1n) is 10.2. The summed E-state index contributed by atoms with van der Waals surface area (Å²) in [5, 5.41) is 0.570. The summed E-state index contributed by atoms with van der Waals surface area (Å²) in [7, 11) is -4.08. The second-order valence-electron chi connectivity index (χ2n) is 7.65. The summed E-state index contributed by atoms with van der Waals surface area (Å²) in [6.07, 6.45) is -4.03. The molecule has 0 atom stereocenters. The second-order valence-corrected chi connectivity index (χ2v) is 9.99. The van der Waals surface area contributed by atoms with E-state index in [1.807, 2.05) is 25.1 Å². The Bertz CT molecular complexity index is 1070. The van der Waals surface area contributed by atoms with Crippen molar-refractivity contribution in [1.82, 2.24) is 9.21 Å². The molecule has 0 spiro atoms. The van der Waals surface area contributed by atoms with Gasteiger partial charge in [-0.2, -0.15) is 17.5 Å². The van der Waals surface area contributed by atoms with E-state index in [1.165, 1.54) is 0 Å². The number of piperidine rings is 1. The number of sulfonamides is 1. The molecule has 1 amide bonds. The molecule has 0 unspecified atom stereocenters. The minimum atomic E-state index is -4.63. The molecule has 1 heterocycles. The molecule has 174 valence electrons. The van der Waals surface area contributed by atoms with E-state index in [0.717, 1.165) is 28.1 Å². The lowest BCUT2D eigenvalue weighted by Gasteiger charge is -2.33. The van der Waals surface area contributed by atoms with Gasteiger partial charge in [0.15, 0.2) is 0 Å². The minimum Gasteiger partial charge on any atom is -0.338 e. The largest absolute Gasteiger partial charge is 0.416 e. The Balaban J connectivity index is 1.67. The molecule has 0 saturated carbocycles. The first kappa shape index (κ1) is 24.5. The minimum absolute atomic E-state index is 0.0681. The van der Waals surface area contributed by atoms with Gasteiger partial charge in [-0.1, -0.05) is 35.9 Å². The summed E-state index contributed by atoms with van der Waals surface area (Å²) in [4.78, 5) is 14.3. The number of hydrogen-bond donors (Lipinski definition) is 0. The van der Waals surface area contributed by atoms with Crippen molar-refractivity contribution in [2.75, 3.05) is 19.6 Å². The van der Waals surface area contributed by atoms with Crippen LogP contribution in [-0.2, 0) is 27.5 Å². The molecule has 1 aliphatic heterocycles. The van der Waals surface area contributed by atoms with E-state index in [-0.39, 0.29) is 24.9 Å². The fourth-order valence-electron chi connectivity index (χ4n) is 3.76. The molecule has 10 heteroatoms. The van der Waals surface area contributed by atoms with Gasteiger partial charge in [0.05, 0.1) is 10.5 Å². The van der Waals surface area contributed by atoms with Crippen LogP contribution >= 0.6 is 11.6 Å². The molecule has 0 bridgehead atoms. The zero-order chi connectivity index (χ0) is 23.5. The summed E-state index contributed by atoms with van der Waals surface area (Å²) in [6.45, 7) is 2.84. The fraction of sp³-hybridized carbons (Fsp3) is 0.409. The number of halogens is 4. The number of amides is 1. The van der Waals surface area contributed by atoms with Crippen LogP contribution in [0.5, 0.6) is 0 Å². The van der Waals surface area contributed by atoms with Gasteiger partial charge in [0, 0.05) is 37.1 Å². The highest BCUT2D eigenvalue weighted by molar-refractivity contribution is 7.89. The van der Waals surface area contributed by atoms with Gasteiger partial charge in [-0.3, -0.25) is 4.79 Å². The Labute approximate surface area is 190 Å². The topological polar surface area (TPSA) is 57.7 Å². The Morgan fingerprint density at radius 1 is 1.12 bits per heavy atom. The molecule has 1 aliphatic rings. The van der Waals surface area contributed by atoms with Crippen LogP contribution in [-0.4, -0.2) is 43.2 Å². The van der Waals surface area contributed by atoms with E-state index in [2.05, 4.69) is 0 Å². The summed E-state index contributed by atoms with van der Waals surface area (Å²) < 4.78 is 65.8. The summed E-state index contributed by atoms with van der Waals surface area (Å²) >= 11 is 6.20. The van der Waals surface area contributed by atoms with Crippen molar-refractivity contribution in [3.05, 3.63) is 64.7 Å². The van der Waals surface area contributed by atoms with Crippen LogP contribution in [0.2, 0.25) is 5.02 Å². The van der Waals surface area contributed by atoms with E-state index in [4.69, 9.17) is 11.6 Å². The zero-order valence-electron chi connectivity index (χ0n) is 17.5. The van der Waals surface area contributed by atoms with Crippen molar-refractivity contribution >= 4 is 27.5 Å². The monoisotopic (exact) mass is 488 g/mol. The molecule has 32 heavy (non-hydrogen) atoms. The van der Waals surface area contributed by atoms with Crippen LogP contribution < -0.4 is 0 Å². The van der Waals surface area contributed by atoms with Crippen LogP contribution in [0.3, 0.4) is 0 Å². The van der Waals surface area contributed by atoms with Crippen molar-refractivity contribution in [1.29, 1.82) is 0 Å². The van der Waals surface area contributed by atoms with Crippen LogP contribution in [0.25, 0.3) is 0 Å². The van der Waals surface area contributed by atoms with Crippen LogP contribution in [0.1, 0.15) is 30.9 Å². The van der Waals surface area contributed by atoms with Gasteiger partial charge in [-0.05, 0) is 49.6 Å². The smallest absolute Gasteiger partial charge is 0.338 e. The molecule has 1 fully saturated rings. The molecular weight excluding hydrogens is 465 g/mol. The molecule has 0 aromatic heterocycles. The quantitative estimate of drug-likeness (QED) is 0.586. The zero-order valence-corrected chi connectivity index (χ0v) is 19.1. The third kappa shape index (κ3) is 5.44. The maximum absolute atomic E-state index is 13.0. The summed E-state index contributed by atoms with van der Waals surface area (Å²) in [6, 6.07) is 11.0. The normalized spacial score (nSPS) is 16.2. The number of rotatable bonds is 6. The van der Waals surface area contributed by atoms with Gasteiger partial charge < -0.3 is 4.90 Å². The number of nitrogens with zero attached hydrogens (tertiary/aromatic N) is 2. The van der Waals surface area contributed by atoms with Crippen molar-refractivity contribution < 1.29 is 26.4 Å². The average molecular weight is 489 g/mol. The number of benzene rings is 2. The van der Waals surface area contributed by atoms with Gasteiger partial charge in [0.1, 0.15) is 0 Å². The molecule has 2 aromatic carbocycles. The van der Waals surface area contributed by atoms with Crippen molar-refractivity contribution in [2.45, 2.75) is 37.4 Å². The predicted octanol–water partition coefficient (Wildman–Crippen LogP) is 4.81. The SMILES string of the molecule is CCN(Cc1ccccc1Cl)C(=O)C1CCN(S(=O)(=O)c2cccc(C(F)(F)F)c2)CC1. The van der Waals surface area contributed by atoms with Crippen molar-refractivity contribution in [3.8, 4) is 0 Å². The highest BCUT2D eigenvalue weighted by Gasteiger charge is 2.36. The number of alkyl halides is 3. The van der Waals surface area contributed by atoms with Crippen LogP contribution in [0.15, 0.2) is 53.4 Å². The standard InChI is InChI=1S/C22H24ClF3N2O3S/c1-2-27(15-17-6-3-4-9-20(17)23)21(29)16-10-12-28(13-11-16)32(30,31)19-8-5-7-18(14-19)22(24,25)26/h3-9,14,16H,2,10-13,15H2,1H3. The lowest BCUT2D eigenvalue weighted by atomic mass is 9.96. The molecule has 1 saturated heterocycles. The van der Waals surface area contributed by atoms with E-state index in [1.54, 1.807) is 11.0 Å². The Hall–Kier alpha value is -2.10. The van der Waals surface area contributed by atoms with Gasteiger partial charge in [0.25, 0.3) is 0 Å². The predicted molar refractivity (Wildman–Crippen MR) is 115 cm³/mol. The molecular formula is C22H24ClF3N2O3S. The van der Waals surface area contributed by atoms with E-state index in [9.17, 15) is 26.4 Å². The van der Waals surface area contributed by atoms with Crippen LogP contribution in [0.4, 0.5) is 13.2 Å². The Kier molecular flexibility index (Phi) is 7.52. The van der Waals surface area contributed by atoms with E-state index >= 15 is 0 Å². The van der Waals surface area contributed by atoms with Gasteiger partial charge >= 0.3 is 6.18 Å². The molecule has 3 rings (SSSR count). The fourth-order valence-corrected chi connectivity index (χ4v) is 5.47. The number of carbonyl (C=O) groups excluding carboxylic acids is 1. The van der Waals surface area contributed by atoms with Crippen LogP contribution in [0, 0.1) is 5.92 Å². The van der Waals surface area contributed by atoms with E-state index < -0.39 is 26.7 Å². The van der Waals surface area contributed by atoms with E-state index in [0.29, 0.717) is 37.0 Å².